The van der Waals surface area contributed by atoms with Gasteiger partial charge in [0.2, 0.25) is 5.91 Å². The zero-order valence-corrected chi connectivity index (χ0v) is 18.2. The van der Waals surface area contributed by atoms with Gasteiger partial charge in [0.05, 0.1) is 16.3 Å². The summed E-state index contributed by atoms with van der Waals surface area (Å²) in [5, 5.41) is 1.05. The van der Waals surface area contributed by atoms with Crippen molar-refractivity contribution in [3.05, 3.63) is 65.4 Å². The number of benzene rings is 2. The van der Waals surface area contributed by atoms with Crippen LogP contribution in [0.3, 0.4) is 0 Å². The molecule has 156 valence electrons. The molecule has 4 rings (SSSR count). The number of carbonyl (C=O) groups excluding carboxylic acids is 1. The van der Waals surface area contributed by atoms with E-state index in [0.717, 1.165) is 46.5 Å². The molecule has 1 atom stereocenters. The molecular formula is C22H21F2N3OS2. The highest BCUT2D eigenvalue weighted by Gasteiger charge is 2.29. The van der Waals surface area contributed by atoms with Gasteiger partial charge in [-0.25, -0.2) is 13.8 Å². The van der Waals surface area contributed by atoms with Gasteiger partial charge in [0, 0.05) is 17.9 Å². The van der Waals surface area contributed by atoms with E-state index < -0.39 is 22.3 Å². The van der Waals surface area contributed by atoms with Crippen molar-refractivity contribution in [1.82, 2.24) is 4.98 Å². The van der Waals surface area contributed by atoms with Crippen LogP contribution < -0.4 is 4.90 Å². The van der Waals surface area contributed by atoms with Gasteiger partial charge in [0.25, 0.3) is 0 Å². The van der Waals surface area contributed by atoms with Gasteiger partial charge in [-0.2, -0.15) is 0 Å². The first kappa shape index (κ1) is 20.8. The number of thiazole rings is 1. The molecule has 0 aliphatic heterocycles. The summed E-state index contributed by atoms with van der Waals surface area (Å²) in [6.45, 7) is 1.90. The van der Waals surface area contributed by atoms with Gasteiger partial charge in [-0.15, -0.1) is 0 Å². The zero-order chi connectivity index (χ0) is 21.4. The molecule has 1 amide bonds. The quantitative estimate of drug-likeness (QED) is 0.544. The van der Waals surface area contributed by atoms with Crippen LogP contribution in [-0.4, -0.2) is 23.2 Å². The van der Waals surface area contributed by atoms with Crippen molar-refractivity contribution >= 4 is 33.1 Å². The Balaban J connectivity index is 1.46. The monoisotopic (exact) mass is 445 g/mol. The predicted molar refractivity (Wildman–Crippen MR) is 117 cm³/mol. The van der Waals surface area contributed by atoms with Crippen LogP contribution in [0.4, 0.5) is 13.9 Å². The van der Waals surface area contributed by atoms with E-state index in [0.29, 0.717) is 15.9 Å². The van der Waals surface area contributed by atoms with Crippen molar-refractivity contribution in [3.8, 4) is 11.1 Å². The molecular weight excluding hydrogens is 424 g/mol. The van der Waals surface area contributed by atoms with Crippen LogP contribution in [0.1, 0.15) is 24.1 Å². The second-order valence-corrected chi connectivity index (χ2v) is 10.3. The highest BCUT2D eigenvalue weighted by Crippen LogP contribution is 2.37. The number of hydrogen-bond acceptors (Lipinski definition) is 4. The predicted octanol–water partition coefficient (Wildman–Crippen LogP) is 5.50. The molecule has 1 saturated carbocycles. The molecule has 8 heteroatoms. The van der Waals surface area contributed by atoms with Gasteiger partial charge in [-0.05, 0) is 49.1 Å². The summed E-state index contributed by atoms with van der Waals surface area (Å²) < 4.78 is 36.7. The first-order valence-corrected chi connectivity index (χ1v) is 11.7. The maximum atomic E-state index is 14.0. The number of rotatable bonds is 6. The van der Waals surface area contributed by atoms with Crippen molar-refractivity contribution in [2.45, 2.75) is 35.6 Å². The average Bonchev–Trinajstić information content (AvgIpc) is 3.51. The molecule has 1 fully saturated rings. The van der Waals surface area contributed by atoms with Crippen molar-refractivity contribution in [2.75, 3.05) is 11.9 Å². The van der Waals surface area contributed by atoms with Gasteiger partial charge in [0.15, 0.2) is 5.13 Å². The lowest BCUT2D eigenvalue weighted by molar-refractivity contribution is -0.117. The number of likely N-dealkylation sites (N-methyl/N-ethyl adjacent to an activating group) is 1. The Morgan fingerprint density at radius 2 is 1.93 bits per heavy atom. The van der Waals surface area contributed by atoms with E-state index in [-0.39, 0.29) is 17.9 Å². The smallest absolute Gasteiger partial charge is 0.232 e. The summed E-state index contributed by atoms with van der Waals surface area (Å²) in [5.74, 6) is -1.10. The molecule has 0 spiro atoms. The van der Waals surface area contributed by atoms with Crippen LogP contribution in [0.5, 0.6) is 0 Å². The molecule has 0 bridgehead atoms. The molecule has 1 aliphatic carbocycles. The third-order valence-corrected chi connectivity index (χ3v) is 8.66. The van der Waals surface area contributed by atoms with Crippen LogP contribution in [-0.2, 0) is 21.9 Å². The van der Waals surface area contributed by atoms with E-state index in [1.165, 1.54) is 16.2 Å². The second kappa shape index (κ2) is 8.35. The lowest BCUT2D eigenvalue weighted by atomic mass is 10.0. The second-order valence-electron chi connectivity index (χ2n) is 7.36. The Morgan fingerprint density at radius 3 is 2.60 bits per heavy atom. The van der Waals surface area contributed by atoms with Crippen molar-refractivity contribution in [1.29, 1.82) is 4.78 Å². The minimum absolute atomic E-state index is 0.115. The fraction of sp³-hybridized carbons (Fsp3) is 0.273. The van der Waals surface area contributed by atoms with Gasteiger partial charge in [-0.3, -0.25) is 14.5 Å². The number of nitrogens with zero attached hydrogens (tertiary/aromatic N) is 2. The number of carbonyl (C=O) groups is 1. The van der Waals surface area contributed by atoms with E-state index in [2.05, 4.69) is 4.98 Å². The lowest BCUT2D eigenvalue weighted by Crippen LogP contribution is -2.27. The highest BCUT2D eigenvalue weighted by molar-refractivity contribution is 7.89. The molecule has 4 nitrogen and oxygen atoms in total. The van der Waals surface area contributed by atoms with Crippen LogP contribution >= 0.6 is 11.3 Å². The highest BCUT2D eigenvalue weighted by atomic mass is 32.2. The fourth-order valence-corrected chi connectivity index (χ4v) is 6.14. The van der Waals surface area contributed by atoms with E-state index in [9.17, 15) is 13.6 Å². The zero-order valence-electron chi connectivity index (χ0n) is 16.6. The number of hydrogen-bond donors (Lipinski definition) is 1. The van der Waals surface area contributed by atoms with Crippen LogP contribution in [0.2, 0.25) is 0 Å². The summed E-state index contributed by atoms with van der Waals surface area (Å²) in [5.41, 5.74) is 2.36. The number of anilines is 1. The Hall–Kier alpha value is -2.45. The Morgan fingerprint density at radius 1 is 1.23 bits per heavy atom. The number of halogens is 2. The Bertz CT molecular complexity index is 1120. The van der Waals surface area contributed by atoms with Crippen molar-refractivity contribution in [3.63, 3.8) is 0 Å². The van der Waals surface area contributed by atoms with E-state index in [1.807, 2.05) is 6.92 Å². The summed E-state index contributed by atoms with van der Waals surface area (Å²) >= 11 is 1.43. The molecule has 1 aliphatic rings. The van der Waals surface area contributed by atoms with E-state index in [4.69, 9.17) is 4.78 Å². The summed E-state index contributed by atoms with van der Waals surface area (Å²) in [4.78, 5) is 18.8. The van der Waals surface area contributed by atoms with Crippen LogP contribution in [0, 0.1) is 23.3 Å². The molecule has 1 heterocycles. The lowest BCUT2D eigenvalue weighted by Gasteiger charge is -2.14. The molecule has 0 saturated heterocycles. The summed E-state index contributed by atoms with van der Waals surface area (Å²) in [6.07, 6.45) is 2.37. The third kappa shape index (κ3) is 4.34. The van der Waals surface area contributed by atoms with Crippen molar-refractivity contribution in [2.24, 2.45) is 0 Å². The SMILES string of the molecule is Cc1nc(N(C)C(=O)Cc2ccc(-c3cc(F)ccc3F)cc2)sc1[S@](=N)C1CC1. The average molecular weight is 446 g/mol. The number of aromatic nitrogens is 1. The number of amides is 1. The van der Waals surface area contributed by atoms with Crippen LogP contribution in [0.15, 0.2) is 46.7 Å². The Labute approximate surface area is 180 Å². The topological polar surface area (TPSA) is 57.1 Å². The van der Waals surface area contributed by atoms with Gasteiger partial charge < -0.3 is 0 Å². The Kier molecular flexibility index (Phi) is 5.79. The minimum atomic E-state index is -0.546. The van der Waals surface area contributed by atoms with E-state index in [1.54, 1.807) is 31.3 Å². The number of aryl methyl sites for hydroxylation is 1. The summed E-state index contributed by atoms with van der Waals surface area (Å²) in [7, 11) is 1.15. The van der Waals surface area contributed by atoms with Gasteiger partial charge >= 0.3 is 0 Å². The molecule has 2 aromatic carbocycles. The molecule has 1 aromatic heterocycles. The number of nitrogens with one attached hydrogen (secondary N) is 1. The molecule has 0 unspecified atom stereocenters. The first-order chi connectivity index (χ1) is 14.3. The normalized spacial score (nSPS) is 14.5. The maximum absolute atomic E-state index is 14.0. The van der Waals surface area contributed by atoms with Gasteiger partial charge in [0.1, 0.15) is 11.6 Å². The standard InChI is InChI=1S/C22H21F2N3OS2/c1-13-21(30(25)17-8-9-17)29-22(26-13)27(2)20(28)11-14-3-5-15(6-4-14)18-12-16(23)7-10-19(18)24/h3-7,10,12,17,25H,8-9,11H2,1-2H3/t30-/m1/s1. The van der Waals surface area contributed by atoms with E-state index >= 15 is 0 Å². The summed E-state index contributed by atoms with van der Waals surface area (Å²) in [6, 6.07) is 10.2. The largest absolute Gasteiger partial charge is 0.291 e. The van der Waals surface area contributed by atoms with Crippen LogP contribution in [0.25, 0.3) is 11.1 Å². The third-order valence-electron chi connectivity index (χ3n) is 5.01. The molecule has 0 radical (unpaired) electrons. The first-order valence-electron chi connectivity index (χ1n) is 9.56. The minimum Gasteiger partial charge on any atom is -0.291 e. The molecule has 30 heavy (non-hydrogen) atoms. The molecule has 1 N–H and O–H groups in total. The molecule has 3 aromatic rings. The van der Waals surface area contributed by atoms with Gasteiger partial charge in [-0.1, -0.05) is 46.3 Å². The van der Waals surface area contributed by atoms with Crippen molar-refractivity contribution < 1.29 is 13.6 Å². The fourth-order valence-electron chi connectivity index (χ4n) is 3.09. The maximum Gasteiger partial charge on any atom is 0.232 e.